The van der Waals surface area contributed by atoms with Gasteiger partial charge in [0.2, 0.25) is 0 Å². The predicted octanol–water partition coefficient (Wildman–Crippen LogP) is 6.20. The highest BCUT2D eigenvalue weighted by molar-refractivity contribution is 5.85. The molecule has 29 heavy (non-hydrogen) atoms. The van der Waals surface area contributed by atoms with Gasteiger partial charge in [-0.05, 0) is 75.9 Å². The first-order valence-electron chi connectivity index (χ1n) is 10.9. The number of aliphatic hydroxyl groups is 1. The molecule has 150 valence electrons. The summed E-state index contributed by atoms with van der Waals surface area (Å²) in [6.45, 7) is 4.81. The predicted molar refractivity (Wildman–Crippen MR) is 121 cm³/mol. The van der Waals surface area contributed by atoms with Crippen molar-refractivity contribution in [2.45, 2.75) is 46.0 Å². The summed E-state index contributed by atoms with van der Waals surface area (Å²) < 4.78 is 6.01. The Morgan fingerprint density at radius 3 is 2.17 bits per heavy atom. The molecule has 2 heteroatoms. The van der Waals surface area contributed by atoms with Crippen molar-refractivity contribution in [3.63, 3.8) is 0 Å². The second-order valence-electron chi connectivity index (χ2n) is 7.86. The summed E-state index contributed by atoms with van der Waals surface area (Å²) in [7, 11) is 0. The Labute approximate surface area is 174 Å². The molecule has 4 rings (SSSR count). The fourth-order valence-electron chi connectivity index (χ4n) is 4.58. The fourth-order valence-corrected chi connectivity index (χ4v) is 4.58. The summed E-state index contributed by atoms with van der Waals surface area (Å²) in [5.74, 6) is 0.988. The lowest BCUT2D eigenvalue weighted by Crippen LogP contribution is -2.07. The molecule has 0 heterocycles. The van der Waals surface area contributed by atoms with Crippen molar-refractivity contribution in [1.29, 1.82) is 0 Å². The lowest BCUT2D eigenvalue weighted by molar-refractivity contribution is 0.199. The number of hydrogen-bond donors (Lipinski definition) is 1. The SMILES string of the molecule is CCCc1cc(-c2cccc3c2Cc2ccccc2-3)cc(CCC)c1OCCO. The molecule has 0 amide bonds. The number of fused-ring (bicyclic) bond motifs is 3. The molecule has 0 spiro atoms. The smallest absolute Gasteiger partial charge is 0.125 e. The number of aliphatic hydroxyl groups excluding tert-OH is 1. The van der Waals surface area contributed by atoms with Crippen LogP contribution in [0.1, 0.15) is 48.9 Å². The molecular formula is C27H30O2. The Bertz CT molecular complexity index is 976. The van der Waals surface area contributed by atoms with E-state index in [0.29, 0.717) is 6.61 Å². The monoisotopic (exact) mass is 386 g/mol. The first-order valence-corrected chi connectivity index (χ1v) is 10.9. The molecule has 0 radical (unpaired) electrons. The first kappa shape index (κ1) is 19.7. The van der Waals surface area contributed by atoms with Crippen molar-refractivity contribution in [3.05, 3.63) is 76.9 Å². The highest BCUT2D eigenvalue weighted by atomic mass is 16.5. The third kappa shape index (κ3) is 3.82. The molecule has 1 aliphatic rings. The first-order chi connectivity index (χ1) is 14.3. The zero-order valence-corrected chi connectivity index (χ0v) is 17.5. The van der Waals surface area contributed by atoms with Crippen LogP contribution in [0.4, 0.5) is 0 Å². The van der Waals surface area contributed by atoms with Crippen molar-refractivity contribution in [2.24, 2.45) is 0 Å². The maximum absolute atomic E-state index is 9.27. The normalized spacial score (nSPS) is 12.0. The van der Waals surface area contributed by atoms with Gasteiger partial charge in [-0.25, -0.2) is 0 Å². The van der Waals surface area contributed by atoms with Crippen molar-refractivity contribution in [2.75, 3.05) is 13.2 Å². The van der Waals surface area contributed by atoms with Crippen LogP contribution in [0.15, 0.2) is 54.6 Å². The standard InChI is InChI=1S/C27H30O2/c1-3-8-20-16-22(17-21(9-4-2)27(20)29-15-14-28)24-12-7-13-25-23-11-6-5-10-19(23)18-26(24)25/h5-7,10-13,16-17,28H,3-4,8-9,14-15,18H2,1-2H3. The Morgan fingerprint density at radius 2 is 1.48 bits per heavy atom. The Morgan fingerprint density at radius 1 is 0.828 bits per heavy atom. The molecule has 0 aromatic heterocycles. The number of aryl methyl sites for hydroxylation is 2. The van der Waals surface area contributed by atoms with Gasteiger partial charge in [-0.3, -0.25) is 0 Å². The summed E-state index contributed by atoms with van der Waals surface area (Å²) >= 11 is 0. The third-order valence-electron chi connectivity index (χ3n) is 5.78. The highest BCUT2D eigenvalue weighted by Crippen LogP contribution is 2.43. The zero-order chi connectivity index (χ0) is 20.2. The number of rotatable bonds is 8. The zero-order valence-electron chi connectivity index (χ0n) is 17.5. The molecule has 1 aliphatic carbocycles. The van der Waals surface area contributed by atoms with Crippen molar-refractivity contribution in [1.82, 2.24) is 0 Å². The van der Waals surface area contributed by atoms with Crippen LogP contribution in [0.2, 0.25) is 0 Å². The Balaban J connectivity index is 1.84. The lowest BCUT2D eigenvalue weighted by Gasteiger charge is -2.19. The van der Waals surface area contributed by atoms with Gasteiger partial charge in [0.15, 0.2) is 0 Å². The average molecular weight is 387 g/mol. The van der Waals surface area contributed by atoms with Crippen LogP contribution >= 0.6 is 0 Å². The van der Waals surface area contributed by atoms with Crippen LogP contribution in [-0.2, 0) is 19.3 Å². The molecule has 0 aliphatic heterocycles. The van der Waals surface area contributed by atoms with Gasteiger partial charge in [-0.15, -0.1) is 0 Å². The van der Waals surface area contributed by atoms with E-state index in [1.807, 2.05) is 0 Å². The molecule has 3 aromatic rings. The van der Waals surface area contributed by atoms with E-state index in [2.05, 4.69) is 68.4 Å². The molecule has 3 aromatic carbocycles. The summed E-state index contributed by atoms with van der Waals surface area (Å²) in [5.41, 5.74) is 10.7. The van der Waals surface area contributed by atoms with Gasteiger partial charge in [0, 0.05) is 0 Å². The maximum Gasteiger partial charge on any atom is 0.125 e. The van der Waals surface area contributed by atoms with Crippen LogP contribution in [0.25, 0.3) is 22.3 Å². The van der Waals surface area contributed by atoms with Gasteiger partial charge in [0.25, 0.3) is 0 Å². The van der Waals surface area contributed by atoms with E-state index in [1.54, 1.807) is 0 Å². The highest BCUT2D eigenvalue weighted by Gasteiger charge is 2.22. The van der Waals surface area contributed by atoms with Crippen LogP contribution < -0.4 is 4.74 Å². The molecular weight excluding hydrogens is 356 g/mol. The van der Waals surface area contributed by atoms with E-state index < -0.39 is 0 Å². The molecule has 0 saturated heterocycles. The van der Waals surface area contributed by atoms with Gasteiger partial charge in [-0.2, -0.15) is 0 Å². The minimum absolute atomic E-state index is 0.0450. The third-order valence-corrected chi connectivity index (χ3v) is 5.78. The van der Waals surface area contributed by atoms with Crippen molar-refractivity contribution in [3.8, 4) is 28.0 Å². The largest absolute Gasteiger partial charge is 0.491 e. The van der Waals surface area contributed by atoms with Crippen LogP contribution in [0, 0.1) is 0 Å². The Hall–Kier alpha value is -2.58. The number of ether oxygens (including phenoxy) is 1. The van der Waals surface area contributed by atoms with Crippen LogP contribution in [0.5, 0.6) is 5.75 Å². The van der Waals surface area contributed by atoms with Crippen molar-refractivity contribution >= 4 is 0 Å². The van der Waals surface area contributed by atoms with E-state index in [4.69, 9.17) is 4.74 Å². The van der Waals surface area contributed by atoms with E-state index >= 15 is 0 Å². The Kier molecular flexibility index (Phi) is 6.01. The summed E-state index contributed by atoms with van der Waals surface area (Å²) in [4.78, 5) is 0. The molecule has 0 fully saturated rings. The average Bonchev–Trinajstić information content (AvgIpc) is 3.12. The quantitative estimate of drug-likeness (QED) is 0.391. The number of benzene rings is 3. The second kappa shape index (κ2) is 8.84. The van der Waals surface area contributed by atoms with Gasteiger partial charge < -0.3 is 9.84 Å². The minimum Gasteiger partial charge on any atom is -0.491 e. The van der Waals surface area contributed by atoms with E-state index in [-0.39, 0.29) is 6.61 Å². The molecule has 2 nitrogen and oxygen atoms in total. The van der Waals surface area contributed by atoms with Crippen LogP contribution in [0.3, 0.4) is 0 Å². The lowest BCUT2D eigenvalue weighted by atomic mass is 9.91. The summed E-state index contributed by atoms with van der Waals surface area (Å²) in [6.07, 6.45) is 5.11. The molecule has 1 N–H and O–H groups in total. The summed E-state index contributed by atoms with van der Waals surface area (Å²) in [5, 5.41) is 9.27. The summed E-state index contributed by atoms with van der Waals surface area (Å²) in [6, 6.07) is 20.1. The fraction of sp³-hybridized carbons (Fsp3) is 0.333. The van der Waals surface area contributed by atoms with Gasteiger partial charge in [-0.1, -0.05) is 69.2 Å². The molecule has 0 atom stereocenters. The van der Waals surface area contributed by atoms with Crippen LogP contribution in [-0.4, -0.2) is 18.3 Å². The molecule has 0 bridgehead atoms. The van der Waals surface area contributed by atoms with E-state index in [1.165, 1.54) is 44.5 Å². The van der Waals surface area contributed by atoms with Gasteiger partial charge in [0.05, 0.1) is 6.61 Å². The van der Waals surface area contributed by atoms with Gasteiger partial charge >= 0.3 is 0 Å². The van der Waals surface area contributed by atoms with E-state index in [0.717, 1.165) is 37.9 Å². The minimum atomic E-state index is 0.0450. The molecule has 0 unspecified atom stereocenters. The van der Waals surface area contributed by atoms with Crippen molar-refractivity contribution < 1.29 is 9.84 Å². The maximum atomic E-state index is 9.27. The van der Waals surface area contributed by atoms with E-state index in [9.17, 15) is 5.11 Å². The number of hydrogen-bond acceptors (Lipinski definition) is 2. The van der Waals surface area contributed by atoms with Gasteiger partial charge in [0.1, 0.15) is 12.4 Å². The second-order valence-corrected chi connectivity index (χ2v) is 7.86. The topological polar surface area (TPSA) is 29.5 Å². The molecule has 0 saturated carbocycles.